The van der Waals surface area contributed by atoms with Crippen LogP contribution in [0.2, 0.25) is 0 Å². The maximum Gasteiger partial charge on any atom is 0.219 e. The molecule has 0 saturated carbocycles. The molecule has 1 aromatic carbocycles. The fourth-order valence-corrected chi connectivity index (χ4v) is 4.37. The molecule has 118 valence electrons. The molecule has 0 aliphatic carbocycles. The van der Waals surface area contributed by atoms with Crippen LogP contribution in [-0.4, -0.2) is 29.9 Å². The summed E-state index contributed by atoms with van der Waals surface area (Å²) in [6, 6.07) is 9.11. The Hall–Kier alpha value is -1.39. The first-order valence-corrected chi connectivity index (χ1v) is 9.01. The maximum absolute atomic E-state index is 11.6. The molecular formula is C18H24N2OS. The van der Waals surface area contributed by atoms with Gasteiger partial charge in [0.05, 0.1) is 0 Å². The monoisotopic (exact) mass is 316 g/mol. The molecule has 1 fully saturated rings. The van der Waals surface area contributed by atoms with Gasteiger partial charge in [0.25, 0.3) is 0 Å². The maximum atomic E-state index is 11.6. The van der Waals surface area contributed by atoms with Gasteiger partial charge in [0, 0.05) is 37.3 Å². The van der Waals surface area contributed by atoms with Crippen LogP contribution in [0.1, 0.15) is 32.3 Å². The molecule has 2 atom stereocenters. The van der Waals surface area contributed by atoms with Gasteiger partial charge in [-0.2, -0.15) is 0 Å². The zero-order chi connectivity index (χ0) is 15.5. The number of carbonyl (C=O) groups is 1. The summed E-state index contributed by atoms with van der Waals surface area (Å²) in [5.74, 6) is 0.767. The smallest absolute Gasteiger partial charge is 0.219 e. The number of nitrogens with one attached hydrogen (secondary N) is 1. The van der Waals surface area contributed by atoms with Crippen LogP contribution >= 0.6 is 11.3 Å². The Morgan fingerprint density at radius 2 is 2.23 bits per heavy atom. The van der Waals surface area contributed by atoms with E-state index in [1.54, 1.807) is 6.92 Å². The minimum absolute atomic E-state index is 0.209. The lowest BCUT2D eigenvalue weighted by atomic mass is 9.89. The fourth-order valence-electron chi connectivity index (χ4n) is 3.41. The van der Waals surface area contributed by atoms with Crippen molar-refractivity contribution in [2.75, 3.05) is 13.1 Å². The molecule has 0 bridgehead atoms. The number of benzene rings is 1. The van der Waals surface area contributed by atoms with Crippen LogP contribution in [-0.2, 0) is 11.3 Å². The van der Waals surface area contributed by atoms with E-state index in [9.17, 15) is 4.79 Å². The van der Waals surface area contributed by atoms with Crippen molar-refractivity contribution in [2.45, 2.75) is 39.3 Å². The average Bonchev–Trinajstić information content (AvgIpc) is 2.96. The Morgan fingerprint density at radius 3 is 3.00 bits per heavy atom. The van der Waals surface area contributed by atoms with Gasteiger partial charge in [-0.3, -0.25) is 4.79 Å². The van der Waals surface area contributed by atoms with Crippen LogP contribution in [0.15, 0.2) is 29.6 Å². The molecule has 2 heterocycles. The number of amides is 1. The van der Waals surface area contributed by atoms with E-state index in [-0.39, 0.29) is 5.91 Å². The van der Waals surface area contributed by atoms with E-state index in [2.05, 4.69) is 41.9 Å². The fraction of sp³-hybridized carbons (Fsp3) is 0.500. The van der Waals surface area contributed by atoms with Gasteiger partial charge in [0.15, 0.2) is 0 Å². The number of hydrogen-bond acceptors (Lipinski definition) is 3. The lowest BCUT2D eigenvalue weighted by molar-refractivity contribution is -0.131. The molecule has 1 amide bonds. The second-order valence-electron chi connectivity index (χ2n) is 6.17. The number of thiophene rings is 1. The molecule has 3 rings (SSSR count). The Labute approximate surface area is 136 Å². The zero-order valence-corrected chi connectivity index (χ0v) is 14.2. The van der Waals surface area contributed by atoms with Crippen molar-refractivity contribution >= 4 is 27.3 Å². The summed E-state index contributed by atoms with van der Waals surface area (Å²) in [4.78, 5) is 13.6. The summed E-state index contributed by atoms with van der Waals surface area (Å²) in [5, 5.41) is 7.38. The highest BCUT2D eigenvalue weighted by molar-refractivity contribution is 7.17. The van der Waals surface area contributed by atoms with E-state index in [1.165, 1.54) is 15.6 Å². The van der Waals surface area contributed by atoms with E-state index in [0.29, 0.717) is 12.0 Å². The molecule has 1 aliphatic heterocycles. The molecule has 1 aliphatic rings. The molecule has 1 N–H and O–H groups in total. The zero-order valence-electron chi connectivity index (χ0n) is 13.3. The van der Waals surface area contributed by atoms with Crippen molar-refractivity contribution in [1.29, 1.82) is 0 Å². The molecule has 0 radical (unpaired) electrons. The molecule has 1 saturated heterocycles. The van der Waals surface area contributed by atoms with Gasteiger partial charge >= 0.3 is 0 Å². The highest BCUT2D eigenvalue weighted by Crippen LogP contribution is 2.26. The van der Waals surface area contributed by atoms with Crippen molar-refractivity contribution in [3.8, 4) is 0 Å². The average molecular weight is 316 g/mol. The Kier molecular flexibility index (Phi) is 4.79. The van der Waals surface area contributed by atoms with Crippen molar-refractivity contribution < 1.29 is 4.79 Å². The first kappa shape index (κ1) is 15.5. The highest BCUT2D eigenvalue weighted by atomic mass is 32.1. The molecule has 22 heavy (non-hydrogen) atoms. The quantitative estimate of drug-likeness (QED) is 0.934. The molecule has 4 heteroatoms. The summed E-state index contributed by atoms with van der Waals surface area (Å²) < 4.78 is 1.36. The molecule has 0 spiro atoms. The number of piperidine rings is 1. The van der Waals surface area contributed by atoms with Crippen LogP contribution in [0.4, 0.5) is 0 Å². The summed E-state index contributed by atoms with van der Waals surface area (Å²) in [5.41, 5.74) is 1.39. The minimum atomic E-state index is 0.209. The van der Waals surface area contributed by atoms with E-state index in [1.807, 2.05) is 16.2 Å². The lowest BCUT2D eigenvalue weighted by Crippen LogP contribution is -2.50. The Bertz CT molecular complexity index is 651. The highest BCUT2D eigenvalue weighted by Gasteiger charge is 2.28. The van der Waals surface area contributed by atoms with Gasteiger partial charge in [0.2, 0.25) is 5.91 Å². The predicted molar refractivity (Wildman–Crippen MR) is 93.1 cm³/mol. The summed E-state index contributed by atoms with van der Waals surface area (Å²) in [7, 11) is 0. The third-order valence-corrected chi connectivity index (χ3v) is 5.83. The van der Waals surface area contributed by atoms with Crippen molar-refractivity contribution in [3.05, 3.63) is 35.2 Å². The second kappa shape index (κ2) is 6.80. The standard InChI is InChI=1S/C18H24N2OS/c1-3-14-11-20(13(2)21)9-8-17(14)19-10-15-12-22-18-7-5-4-6-16(15)18/h4-7,12,14,17,19H,3,8-11H2,1-2H3/t14-,17-/m0/s1. The summed E-state index contributed by atoms with van der Waals surface area (Å²) in [6.45, 7) is 6.61. The Morgan fingerprint density at radius 1 is 1.41 bits per heavy atom. The number of carbonyl (C=O) groups excluding carboxylic acids is 1. The topological polar surface area (TPSA) is 32.3 Å². The summed E-state index contributed by atoms with van der Waals surface area (Å²) in [6.07, 6.45) is 2.17. The second-order valence-corrected chi connectivity index (χ2v) is 7.08. The van der Waals surface area contributed by atoms with Gasteiger partial charge < -0.3 is 10.2 Å². The lowest BCUT2D eigenvalue weighted by Gasteiger charge is -2.38. The van der Waals surface area contributed by atoms with Crippen LogP contribution in [0.25, 0.3) is 10.1 Å². The number of nitrogens with zero attached hydrogens (tertiary/aromatic N) is 1. The number of likely N-dealkylation sites (tertiary alicyclic amines) is 1. The van der Waals surface area contributed by atoms with Crippen LogP contribution in [0.3, 0.4) is 0 Å². The number of hydrogen-bond donors (Lipinski definition) is 1. The Balaban J connectivity index is 1.64. The van der Waals surface area contributed by atoms with E-state index in [0.717, 1.165) is 32.5 Å². The first-order chi connectivity index (χ1) is 10.7. The minimum Gasteiger partial charge on any atom is -0.343 e. The third-order valence-electron chi connectivity index (χ3n) is 4.82. The van der Waals surface area contributed by atoms with Gasteiger partial charge in [0.1, 0.15) is 0 Å². The van der Waals surface area contributed by atoms with Gasteiger partial charge in [-0.1, -0.05) is 31.5 Å². The number of rotatable bonds is 4. The third kappa shape index (κ3) is 3.18. The van der Waals surface area contributed by atoms with Gasteiger partial charge in [-0.05, 0) is 34.7 Å². The molecule has 0 unspecified atom stereocenters. The molecule has 3 nitrogen and oxygen atoms in total. The molecular weight excluding hydrogens is 292 g/mol. The van der Waals surface area contributed by atoms with Crippen LogP contribution < -0.4 is 5.32 Å². The van der Waals surface area contributed by atoms with E-state index >= 15 is 0 Å². The summed E-state index contributed by atoms with van der Waals surface area (Å²) >= 11 is 1.82. The molecule has 2 aromatic rings. The first-order valence-electron chi connectivity index (χ1n) is 8.13. The SMILES string of the molecule is CC[C@H]1CN(C(C)=O)CC[C@@H]1NCc1csc2ccccc12. The van der Waals surface area contributed by atoms with Crippen LogP contribution in [0, 0.1) is 5.92 Å². The van der Waals surface area contributed by atoms with Crippen LogP contribution in [0.5, 0.6) is 0 Å². The van der Waals surface area contributed by atoms with Crippen molar-refractivity contribution in [1.82, 2.24) is 10.2 Å². The van der Waals surface area contributed by atoms with E-state index < -0.39 is 0 Å². The van der Waals surface area contributed by atoms with Gasteiger partial charge in [-0.25, -0.2) is 0 Å². The predicted octanol–water partition coefficient (Wildman–Crippen LogP) is 3.64. The van der Waals surface area contributed by atoms with Crippen molar-refractivity contribution in [3.63, 3.8) is 0 Å². The number of fused-ring (bicyclic) bond motifs is 1. The van der Waals surface area contributed by atoms with E-state index in [4.69, 9.17) is 0 Å². The largest absolute Gasteiger partial charge is 0.343 e. The normalized spacial score (nSPS) is 22.2. The molecule has 1 aromatic heterocycles. The van der Waals surface area contributed by atoms with Crippen molar-refractivity contribution in [2.24, 2.45) is 5.92 Å². The van der Waals surface area contributed by atoms with Gasteiger partial charge in [-0.15, -0.1) is 11.3 Å².